The largest absolute Gasteiger partial charge is 0.496 e. The van der Waals surface area contributed by atoms with Gasteiger partial charge in [-0.05, 0) is 44.5 Å². The number of rotatable bonds is 8. The van der Waals surface area contributed by atoms with Crippen LogP contribution in [0.4, 0.5) is 0 Å². The Morgan fingerprint density at radius 2 is 2.10 bits per heavy atom. The fourth-order valence-corrected chi connectivity index (χ4v) is 2.97. The SMILES string of the molecule is CCCNCCCc1nnc(-c2ccc(C)c(OC)c2)s1. The number of methoxy groups -OCH3 is 1. The number of hydrogen-bond donors (Lipinski definition) is 1. The molecular formula is C16H23N3OS. The Bertz CT molecular complexity index is 568. The summed E-state index contributed by atoms with van der Waals surface area (Å²) in [6, 6.07) is 6.16. The molecule has 21 heavy (non-hydrogen) atoms. The van der Waals surface area contributed by atoms with E-state index in [9.17, 15) is 0 Å². The van der Waals surface area contributed by atoms with Gasteiger partial charge in [0.05, 0.1) is 7.11 Å². The summed E-state index contributed by atoms with van der Waals surface area (Å²) in [4.78, 5) is 0. The molecule has 0 spiro atoms. The quantitative estimate of drug-likeness (QED) is 0.759. The second-order valence-corrected chi connectivity index (χ2v) is 6.10. The van der Waals surface area contributed by atoms with Crippen LogP contribution in [0.15, 0.2) is 18.2 Å². The molecule has 0 radical (unpaired) electrons. The van der Waals surface area contributed by atoms with Crippen molar-refractivity contribution in [2.45, 2.75) is 33.1 Å². The van der Waals surface area contributed by atoms with Crippen LogP contribution in [0.3, 0.4) is 0 Å². The number of nitrogens with one attached hydrogen (secondary N) is 1. The van der Waals surface area contributed by atoms with Gasteiger partial charge in [0.25, 0.3) is 0 Å². The summed E-state index contributed by atoms with van der Waals surface area (Å²) in [5.74, 6) is 0.896. The molecule has 0 atom stereocenters. The van der Waals surface area contributed by atoms with Crippen LogP contribution < -0.4 is 10.1 Å². The van der Waals surface area contributed by atoms with Crippen molar-refractivity contribution in [3.8, 4) is 16.3 Å². The first-order valence-corrected chi connectivity index (χ1v) is 8.24. The van der Waals surface area contributed by atoms with Gasteiger partial charge in [0.2, 0.25) is 0 Å². The van der Waals surface area contributed by atoms with Crippen molar-refractivity contribution in [1.29, 1.82) is 0 Å². The predicted octanol–water partition coefficient (Wildman–Crippen LogP) is 3.45. The Labute approximate surface area is 130 Å². The van der Waals surface area contributed by atoms with Crippen LogP contribution in [0.1, 0.15) is 30.3 Å². The smallest absolute Gasteiger partial charge is 0.147 e. The number of aromatic nitrogens is 2. The van der Waals surface area contributed by atoms with Crippen LogP contribution in [0, 0.1) is 6.92 Å². The van der Waals surface area contributed by atoms with Crippen LogP contribution in [0.25, 0.3) is 10.6 Å². The van der Waals surface area contributed by atoms with Gasteiger partial charge in [-0.1, -0.05) is 30.4 Å². The van der Waals surface area contributed by atoms with Crippen molar-refractivity contribution in [2.75, 3.05) is 20.2 Å². The lowest BCUT2D eigenvalue weighted by Crippen LogP contribution is -2.16. The molecule has 114 valence electrons. The molecule has 4 nitrogen and oxygen atoms in total. The molecule has 1 N–H and O–H groups in total. The predicted molar refractivity (Wildman–Crippen MR) is 88.1 cm³/mol. The van der Waals surface area contributed by atoms with E-state index < -0.39 is 0 Å². The first-order chi connectivity index (χ1) is 10.2. The van der Waals surface area contributed by atoms with Crippen LogP contribution in [-0.2, 0) is 6.42 Å². The van der Waals surface area contributed by atoms with E-state index in [1.165, 1.54) is 6.42 Å². The molecule has 0 aliphatic rings. The third-order valence-corrected chi connectivity index (χ3v) is 4.32. The number of benzene rings is 1. The number of nitrogens with zero attached hydrogens (tertiary/aromatic N) is 2. The summed E-state index contributed by atoms with van der Waals surface area (Å²) in [5, 5.41) is 14.1. The number of aryl methyl sites for hydroxylation is 2. The molecule has 0 fully saturated rings. The second kappa shape index (κ2) is 8.10. The minimum absolute atomic E-state index is 0.896. The Balaban J connectivity index is 1.96. The van der Waals surface area contributed by atoms with Crippen molar-refractivity contribution in [3.05, 3.63) is 28.8 Å². The highest BCUT2D eigenvalue weighted by molar-refractivity contribution is 7.14. The lowest BCUT2D eigenvalue weighted by Gasteiger charge is -2.05. The van der Waals surface area contributed by atoms with E-state index in [1.807, 2.05) is 13.0 Å². The highest BCUT2D eigenvalue weighted by atomic mass is 32.1. The van der Waals surface area contributed by atoms with E-state index in [4.69, 9.17) is 4.74 Å². The maximum atomic E-state index is 5.36. The highest BCUT2D eigenvalue weighted by Gasteiger charge is 2.08. The van der Waals surface area contributed by atoms with Crippen molar-refractivity contribution in [1.82, 2.24) is 15.5 Å². The molecule has 1 aromatic carbocycles. The van der Waals surface area contributed by atoms with Crippen LogP contribution in [0.2, 0.25) is 0 Å². The fourth-order valence-electron chi connectivity index (χ4n) is 2.09. The Hall–Kier alpha value is -1.46. The van der Waals surface area contributed by atoms with Gasteiger partial charge in [0.15, 0.2) is 0 Å². The minimum Gasteiger partial charge on any atom is -0.496 e. The van der Waals surface area contributed by atoms with Gasteiger partial charge >= 0.3 is 0 Å². The average molecular weight is 305 g/mol. The van der Waals surface area contributed by atoms with Crippen LogP contribution in [-0.4, -0.2) is 30.4 Å². The van der Waals surface area contributed by atoms with E-state index in [0.29, 0.717) is 0 Å². The standard InChI is InChI=1S/C16H23N3OS/c1-4-9-17-10-5-6-15-18-19-16(21-15)13-8-7-12(2)14(11-13)20-3/h7-8,11,17H,4-6,9-10H2,1-3H3. The van der Waals surface area contributed by atoms with Gasteiger partial charge in [-0.15, -0.1) is 10.2 Å². The summed E-state index contributed by atoms with van der Waals surface area (Å²) in [6.45, 7) is 6.35. The molecule has 0 aliphatic heterocycles. The van der Waals surface area contributed by atoms with E-state index in [1.54, 1.807) is 18.4 Å². The first-order valence-electron chi connectivity index (χ1n) is 7.42. The molecule has 2 aromatic rings. The van der Waals surface area contributed by atoms with Gasteiger partial charge in [-0.3, -0.25) is 0 Å². The zero-order chi connectivity index (χ0) is 15.1. The molecule has 0 unspecified atom stereocenters. The lowest BCUT2D eigenvalue weighted by atomic mass is 10.1. The average Bonchev–Trinajstić information content (AvgIpc) is 2.96. The first kappa shape index (κ1) is 15.9. The van der Waals surface area contributed by atoms with Gasteiger partial charge < -0.3 is 10.1 Å². The van der Waals surface area contributed by atoms with Crippen molar-refractivity contribution in [2.24, 2.45) is 0 Å². The van der Waals surface area contributed by atoms with Crippen molar-refractivity contribution >= 4 is 11.3 Å². The van der Waals surface area contributed by atoms with Gasteiger partial charge in [0, 0.05) is 12.0 Å². The van der Waals surface area contributed by atoms with E-state index in [2.05, 4.69) is 34.6 Å². The Morgan fingerprint density at radius 1 is 1.24 bits per heavy atom. The van der Waals surface area contributed by atoms with Gasteiger partial charge in [-0.2, -0.15) is 0 Å². The molecular weight excluding hydrogens is 282 g/mol. The van der Waals surface area contributed by atoms with Gasteiger partial charge in [0.1, 0.15) is 15.8 Å². The van der Waals surface area contributed by atoms with Gasteiger partial charge in [-0.25, -0.2) is 0 Å². The molecule has 5 heteroatoms. The molecule has 0 saturated carbocycles. The zero-order valence-electron chi connectivity index (χ0n) is 13.0. The monoisotopic (exact) mass is 305 g/mol. The summed E-state index contributed by atoms with van der Waals surface area (Å²) in [5.41, 5.74) is 2.21. The zero-order valence-corrected chi connectivity index (χ0v) is 13.8. The molecule has 2 rings (SSSR count). The molecule has 0 bridgehead atoms. The topological polar surface area (TPSA) is 47.0 Å². The maximum absolute atomic E-state index is 5.36. The summed E-state index contributed by atoms with van der Waals surface area (Å²) >= 11 is 1.67. The van der Waals surface area contributed by atoms with Crippen LogP contribution in [0.5, 0.6) is 5.75 Å². The minimum atomic E-state index is 0.896. The second-order valence-electron chi connectivity index (χ2n) is 5.04. The van der Waals surface area contributed by atoms with Crippen LogP contribution >= 0.6 is 11.3 Å². The highest BCUT2D eigenvalue weighted by Crippen LogP contribution is 2.29. The number of hydrogen-bond acceptors (Lipinski definition) is 5. The fraction of sp³-hybridized carbons (Fsp3) is 0.500. The van der Waals surface area contributed by atoms with E-state index in [-0.39, 0.29) is 0 Å². The number of ether oxygens (including phenoxy) is 1. The third kappa shape index (κ3) is 4.51. The Kier molecular flexibility index (Phi) is 6.14. The third-order valence-electron chi connectivity index (χ3n) is 3.29. The Morgan fingerprint density at radius 3 is 2.86 bits per heavy atom. The van der Waals surface area contributed by atoms with Crippen molar-refractivity contribution in [3.63, 3.8) is 0 Å². The molecule has 1 heterocycles. The summed E-state index contributed by atoms with van der Waals surface area (Å²) < 4.78 is 5.36. The normalized spacial score (nSPS) is 10.8. The van der Waals surface area contributed by atoms with E-state index in [0.717, 1.165) is 52.8 Å². The van der Waals surface area contributed by atoms with Crippen molar-refractivity contribution < 1.29 is 4.74 Å². The molecule has 0 saturated heterocycles. The maximum Gasteiger partial charge on any atom is 0.147 e. The molecule has 0 aliphatic carbocycles. The molecule has 0 amide bonds. The summed E-state index contributed by atoms with van der Waals surface area (Å²) in [7, 11) is 1.70. The van der Waals surface area contributed by atoms with E-state index >= 15 is 0 Å². The summed E-state index contributed by atoms with van der Waals surface area (Å²) in [6.07, 6.45) is 3.27. The molecule has 1 aromatic heterocycles. The lowest BCUT2D eigenvalue weighted by molar-refractivity contribution is 0.412.